The molecule has 1 atom stereocenters. The first-order chi connectivity index (χ1) is 26.7. The van der Waals surface area contributed by atoms with Gasteiger partial charge in [0.15, 0.2) is 11.5 Å². The van der Waals surface area contributed by atoms with Crippen molar-refractivity contribution in [2.24, 2.45) is 5.92 Å². The van der Waals surface area contributed by atoms with E-state index in [1.54, 1.807) is 6.07 Å². The molecule has 1 aliphatic carbocycles. The molecular weight excluding hydrogens is 801 g/mol. The summed E-state index contributed by atoms with van der Waals surface area (Å²) in [7, 11) is -2.23. The summed E-state index contributed by atoms with van der Waals surface area (Å²) in [5, 5.41) is 0.324. The first kappa shape index (κ1) is 41.5. The quantitative estimate of drug-likeness (QED) is 0.104. The molecule has 19 heteroatoms. The lowest BCUT2D eigenvalue weighted by atomic mass is 10.0. The number of benzene rings is 2. The number of pyridine rings is 1. The van der Waals surface area contributed by atoms with Gasteiger partial charge in [0.1, 0.15) is 29.8 Å². The van der Waals surface area contributed by atoms with Gasteiger partial charge in [0.2, 0.25) is 22.4 Å². The summed E-state index contributed by atoms with van der Waals surface area (Å²) in [6.45, 7) is -0.453. The number of hydrogen-bond donors (Lipinski definition) is 0. The third kappa shape index (κ3) is 10.4. The van der Waals surface area contributed by atoms with E-state index in [2.05, 4.69) is 9.64 Å². The monoisotopic (exact) mass is 841 g/mol. The zero-order valence-electron chi connectivity index (χ0n) is 30.6. The number of sulfonamides is 1. The zero-order chi connectivity index (χ0) is 40.1. The molecule has 56 heavy (non-hydrogen) atoms. The van der Waals surface area contributed by atoms with Crippen molar-refractivity contribution in [2.45, 2.75) is 38.5 Å². The lowest BCUT2D eigenvalue weighted by Crippen LogP contribution is -2.42. The summed E-state index contributed by atoms with van der Waals surface area (Å²) in [5.41, 5.74) is 1.20. The third-order valence-corrected chi connectivity index (χ3v) is 11.5. The Morgan fingerprint density at radius 3 is 2.36 bits per heavy atom. The van der Waals surface area contributed by atoms with Crippen LogP contribution in [0, 0.1) is 5.92 Å². The number of amides is 2. The molecule has 3 heterocycles. The number of ether oxygens (including phenoxy) is 4. The Hall–Kier alpha value is -4.13. The highest BCUT2D eigenvalue weighted by Crippen LogP contribution is 2.38. The van der Waals surface area contributed by atoms with E-state index in [9.17, 15) is 31.6 Å². The number of fused-ring (bicyclic) bond motifs is 1. The molecule has 0 unspecified atom stereocenters. The van der Waals surface area contributed by atoms with Crippen LogP contribution in [0.3, 0.4) is 0 Å². The second kappa shape index (κ2) is 18.0. The number of carbonyl (C=O) groups is 3. The number of morpholine rings is 1. The lowest BCUT2D eigenvalue weighted by molar-refractivity contribution is -0.885. The SMILES string of the molecule is CO[n+]1cc(Cl)c(C[C@H](OC(=O)CN2C(=O)c3ccc(CN(CCN4CCOCC4)S(C)(=O)=O)cc3C2=O)c2ccc(OC(F)F)c(OCC3CC3)c2)c(Cl)c1. The van der Waals surface area contributed by atoms with Crippen LogP contribution in [-0.4, -0.2) is 113 Å². The van der Waals surface area contributed by atoms with E-state index in [0.29, 0.717) is 49.5 Å². The molecule has 2 aromatic carbocycles. The van der Waals surface area contributed by atoms with Gasteiger partial charge in [-0.25, -0.2) is 8.42 Å². The fourth-order valence-corrected chi connectivity index (χ4v) is 7.71. The Labute approximate surface area is 332 Å². The Kier molecular flexibility index (Phi) is 13.3. The normalized spacial score (nSPS) is 16.7. The van der Waals surface area contributed by atoms with Crippen molar-refractivity contribution < 1.29 is 60.1 Å². The number of carbonyl (C=O) groups excluding carboxylic acids is 3. The molecule has 6 rings (SSSR count). The van der Waals surface area contributed by atoms with Crippen molar-refractivity contribution in [3.05, 3.63) is 86.7 Å². The molecule has 1 saturated carbocycles. The van der Waals surface area contributed by atoms with E-state index in [1.165, 1.54) is 58.9 Å². The molecule has 0 bridgehead atoms. The second-order valence-corrected chi connectivity index (χ2v) is 16.4. The van der Waals surface area contributed by atoms with E-state index in [-0.39, 0.29) is 64.7 Å². The molecule has 2 amide bonds. The third-order valence-electron chi connectivity index (χ3n) is 9.58. The topological polar surface area (TPSA) is 145 Å². The minimum Gasteiger partial charge on any atom is -0.489 e. The van der Waals surface area contributed by atoms with Crippen molar-refractivity contribution in [1.29, 1.82) is 0 Å². The summed E-state index contributed by atoms with van der Waals surface area (Å²) in [4.78, 5) is 48.7. The lowest BCUT2D eigenvalue weighted by Gasteiger charge is -2.29. The fraction of sp³-hybridized carbons (Fsp3) is 0.459. The van der Waals surface area contributed by atoms with Crippen LogP contribution in [0.1, 0.15) is 56.4 Å². The van der Waals surface area contributed by atoms with Gasteiger partial charge >= 0.3 is 12.6 Å². The molecule has 1 aromatic heterocycles. The maximum atomic E-state index is 13.6. The summed E-state index contributed by atoms with van der Waals surface area (Å²) in [6, 6.07) is 8.56. The van der Waals surface area contributed by atoms with Crippen molar-refractivity contribution in [3.63, 3.8) is 0 Å². The second-order valence-electron chi connectivity index (χ2n) is 13.6. The predicted octanol–water partition coefficient (Wildman–Crippen LogP) is 3.95. The van der Waals surface area contributed by atoms with Crippen LogP contribution in [0.25, 0.3) is 0 Å². The molecule has 302 valence electrons. The smallest absolute Gasteiger partial charge is 0.387 e. The zero-order valence-corrected chi connectivity index (χ0v) is 33.0. The highest BCUT2D eigenvalue weighted by atomic mass is 35.5. The average molecular weight is 843 g/mol. The largest absolute Gasteiger partial charge is 0.489 e. The number of alkyl halides is 2. The van der Waals surface area contributed by atoms with Gasteiger partial charge in [0, 0.05) is 49.4 Å². The van der Waals surface area contributed by atoms with Crippen LogP contribution in [-0.2, 0) is 37.3 Å². The van der Waals surface area contributed by atoms with Crippen molar-refractivity contribution in [3.8, 4) is 11.5 Å². The van der Waals surface area contributed by atoms with Crippen LogP contribution in [0.2, 0.25) is 10.0 Å². The molecular formula is C37H41Cl2F2N4O10S+. The van der Waals surface area contributed by atoms with E-state index in [1.807, 2.05) is 0 Å². The van der Waals surface area contributed by atoms with Gasteiger partial charge in [-0.15, -0.1) is 0 Å². The van der Waals surface area contributed by atoms with E-state index < -0.39 is 47.1 Å². The maximum Gasteiger partial charge on any atom is 0.387 e. The number of hydrogen-bond acceptors (Lipinski definition) is 11. The number of nitrogens with zero attached hydrogens (tertiary/aromatic N) is 4. The molecule has 3 aromatic rings. The van der Waals surface area contributed by atoms with Gasteiger partial charge in [-0.3, -0.25) is 29.0 Å². The first-order valence-corrected chi connectivity index (χ1v) is 20.4. The Morgan fingerprint density at radius 1 is 1.02 bits per heavy atom. The van der Waals surface area contributed by atoms with E-state index in [0.717, 1.165) is 24.0 Å². The van der Waals surface area contributed by atoms with Gasteiger partial charge in [-0.1, -0.05) is 35.3 Å². The number of rotatable bonds is 18. The number of esters is 1. The Bertz CT molecular complexity index is 2050. The summed E-state index contributed by atoms with van der Waals surface area (Å²) >= 11 is 13.1. The number of halogens is 4. The highest BCUT2D eigenvalue weighted by Gasteiger charge is 2.38. The maximum absolute atomic E-state index is 13.6. The van der Waals surface area contributed by atoms with Crippen molar-refractivity contribution >= 4 is 51.0 Å². The predicted molar refractivity (Wildman–Crippen MR) is 197 cm³/mol. The molecule has 0 radical (unpaired) electrons. The van der Waals surface area contributed by atoms with Crippen LogP contribution in [0.15, 0.2) is 48.8 Å². The molecule has 2 fully saturated rings. The standard InChI is InChI=1S/C37H41Cl2F2N4O10S/c1-51-43-19-29(38)28(30(39)20-43)17-32(25-6-8-31(55-37(40)41)33(16-25)53-22-23-3-4-23)54-34(46)21-45-35(47)26-7-5-24(15-27(26)36(45)48)18-44(56(2,49)50)10-9-42-11-13-52-14-12-42/h5-8,15-16,19-20,23,32,37H,3-4,9-14,17-18,21-22H2,1-2H3/q+1/t32-/m0/s1. The van der Waals surface area contributed by atoms with Crippen molar-refractivity contribution in [2.75, 3.05) is 65.9 Å². The van der Waals surface area contributed by atoms with E-state index in [4.69, 9.17) is 42.3 Å². The van der Waals surface area contributed by atoms with Crippen LogP contribution < -0.4 is 19.0 Å². The highest BCUT2D eigenvalue weighted by molar-refractivity contribution is 7.88. The van der Waals surface area contributed by atoms with E-state index >= 15 is 0 Å². The molecule has 0 N–H and O–H groups in total. The molecule has 1 saturated heterocycles. The molecule has 3 aliphatic rings. The number of imide groups is 1. The molecule has 14 nitrogen and oxygen atoms in total. The minimum atomic E-state index is -3.63. The van der Waals surface area contributed by atoms with Gasteiger partial charge < -0.3 is 18.9 Å². The van der Waals surface area contributed by atoms with Gasteiger partial charge in [0.05, 0.1) is 37.2 Å². The van der Waals surface area contributed by atoms with Crippen LogP contribution in [0.5, 0.6) is 11.5 Å². The van der Waals surface area contributed by atoms with Gasteiger partial charge in [-0.2, -0.15) is 13.1 Å². The van der Waals surface area contributed by atoms with Crippen LogP contribution in [0.4, 0.5) is 8.78 Å². The fourth-order valence-electron chi connectivity index (χ4n) is 6.32. The number of aromatic nitrogens is 1. The Morgan fingerprint density at radius 2 is 1.71 bits per heavy atom. The Balaban J connectivity index is 1.20. The van der Waals surface area contributed by atoms with Crippen LogP contribution >= 0.6 is 23.2 Å². The first-order valence-electron chi connectivity index (χ1n) is 17.8. The average Bonchev–Trinajstić information content (AvgIpc) is 3.96. The van der Waals surface area contributed by atoms with Crippen molar-refractivity contribution in [1.82, 2.24) is 14.1 Å². The summed E-state index contributed by atoms with van der Waals surface area (Å²) in [6.07, 6.45) is 4.59. The van der Waals surface area contributed by atoms with Gasteiger partial charge in [-0.05, 0) is 54.2 Å². The molecule has 0 spiro atoms. The van der Waals surface area contributed by atoms with Gasteiger partial charge in [0.25, 0.3) is 11.8 Å². The summed E-state index contributed by atoms with van der Waals surface area (Å²) < 4.78 is 76.3. The molecule has 2 aliphatic heterocycles. The minimum absolute atomic E-state index is 0.00455. The summed E-state index contributed by atoms with van der Waals surface area (Å²) in [5.74, 6) is -2.41.